The van der Waals surface area contributed by atoms with Gasteiger partial charge >= 0.3 is 0 Å². The molecule has 11 heavy (non-hydrogen) atoms. The quantitative estimate of drug-likeness (QED) is 0.437. The second-order valence-corrected chi connectivity index (χ2v) is 3.00. The van der Waals surface area contributed by atoms with Crippen molar-refractivity contribution in [2.75, 3.05) is 19.6 Å². The largest absolute Gasteiger partial charge is 0.340 e. The number of piperidine rings is 1. The van der Waals surface area contributed by atoms with Gasteiger partial charge < -0.3 is 15.3 Å². The lowest BCUT2D eigenvalue weighted by molar-refractivity contribution is 0.285. The Morgan fingerprint density at radius 1 is 1.55 bits per heavy atom. The van der Waals surface area contributed by atoms with Gasteiger partial charge in [-0.2, -0.15) is 0 Å². The lowest BCUT2D eigenvalue weighted by Crippen LogP contribution is -2.38. The van der Waals surface area contributed by atoms with Crippen molar-refractivity contribution in [3.05, 3.63) is 0 Å². The van der Waals surface area contributed by atoms with Gasteiger partial charge in [0.05, 0.1) is 6.19 Å². The first-order chi connectivity index (χ1) is 5.36. The summed E-state index contributed by atoms with van der Waals surface area (Å²) in [6.07, 6.45) is 3.10. The van der Waals surface area contributed by atoms with E-state index >= 15 is 0 Å². The van der Waals surface area contributed by atoms with E-state index in [1.54, 1.807) is 7.41 Å². The van der Waals surface area contributed by atoms with Crippen LogP contribution in [0.2, 0.25) is 0 Å². The van der Waals surface area contributed by atoms with Crippen LogP contribution in [0.25, 0.3) is 0 Å². The van der Waals surface area contributed by atoms with E-state index in [4.69, 9.17) is 5.73 Å². The maximum atomic E-state index is 10.1. The van der Waals surface area contributed by atoms with E-state index in [-0.39, 0.29) is 0 Å². The maximum absolute atomic E-state index is 10.1. The van der Waals surface area contributed by atoms with E-state index in [1.807, 2.05) is 0 Å². The van der Waals surface area contributed by atoms with E-state index in [0.29, 0.717) is 5.92 Å². The molecule has 0 amide bonds. The summed E-state index contributed by atoms with van der Waals surface area (Å²) in [6.45, 7) is 2.76. The molecular formula is C7H14BN2O. The molecule has 0 bridgehead atoms. The Morgan fingerprint density at radius 2 is 2.18 bits per heavy atom. The third-order valence-electron chi connectivity index (χ3n) is 2.25. The summed E-state index contributed by atoms with van der Waals surface area (Å²) < 4.78 is 0. The Bertz CT molecular complexity index is 124. The molecule has 0 spiro atoms. The second kappa shape index (κ2) is 4.52. The van der Waals surface area contributed by atoms with Crippen LogP contribution in [0.1, 0.15) is 12.8 Å². The van der Waals surface area contributed by atoms with Crippen LogP contribution in [-0.4, -0.2) is 38.0 Å². The standard InChI is InChI=1S/C7H14BN2O/c9-5-7-1-3-10(4-2-7)8-6-11/h6-7H,1-5,9H2. The molecule has 1 aliphatic heterocycles. The van der Waals surface area contributed by atoms with Crippen LogP contribution in [0.15, 0.2) is 0 Å². The smallest absolute Gasteiger partial charge is 0.293 e. The summed E-state index contributed by atoms with van der Waals surface area (Å²) in [7, 11) is 1.62. The fourth-order valence-corrected chi connectivity index (χ4v) is 1.42. The molecule has 1 aliphatic rings. The van der Waals surface area contributed by atoms with E-state index in [9.17, 15) is 4.79 Å². The van der Waals surface area contributed by atoms with Crippen molar-refractivity contribution < 1.29 is 4.79 Å². The summed E-state index contributed by atoms with van der Waals surface area (Å²) in [5.74, 6) is 0.673. The Kier molecular flexibility index (Phi) is 3.59. The number of hydrogen-bond donors (Lipinski definition) is 1. The van der Waals surface area contributed by atoms with Crippen molar-refractivity contribution in [3.63, 3.8) is 0 Å². The van der Waals surface area contributed by atoms with Crippen LogP contribution in [-0.2, 0) is 4.79 Å². The van der Waals surface area contributed by atoms with Gasteiger partial charge in [-0.1, -0.05) is 0 Å². The van der Waals surface area contributed by atoms with Crippen molar-refractivity contribution in [2.24, 2.45) is 11.7 Å². The molecule has 0 saturated carbocycles. The molecule has 1 fully saturated rings. The van der Waals surface area contributed by atoms with Gasteiger partial charge in [-0.05, 0) is 38.4 Å². The minimum Gasteiger partial charge on any atom is -0.340 e. The van der Waals surface area contributed by atoms with Crippen LogP contribution in [0.5, 0.6) is 0 Å². The molecule has 1 saturated heterocycles. The Labute approximate surface area is 68.2 Å². The molecule has 0 aromatic rings. The highest BCUT2D eigenvalue weighted by molar-refractivity contribution is 6.64. The second-order valence-electron chi connectivity index (χ2n) is 3.00. The molecule has 4 heteroatoms. The number of nitrogens with two attached hydrogens (primary N) is 1. The van der Waals surface area contributed by atoms with Gasteiger partial charge in [0.1, 0.15) is 0 Å². The summed E-state index contributed by atoms with van der Waals surface area (Å²) in [6, 6.07) is 0. The molecule has 0 unspecified atom stereocenters. The number of carbonyl (C=O) groups excluding carboxylic acids is 1. The van der Waals surface area contributed by atoms with Crippen molar-refractivity contribution in [1.29, 1.82) is 0 Å². The summed E-state index contributed by atoms with van der Waals surface area (Å²) in [5, 5.41) is 0. The third kappa shape index (κ3) is 2.63. The zero-order valence-electron chi connectivity index (χ0n) is 6.70. The highest BCUT2D eigenvalue weighted by Gasteiger charge is 2.17. The predicted molar refractivity (Wildman–Crippen MR) is 45.9 cm³/mol. The van der Waals surface area contributed by atoms with Crippen molar-refractivity contribution in [2.45, 2.75) is 12.8 Å². The molecule has 0 aromatic carbocycles. The summed E-state index contributed by atoms with van der Waals surface area (Å²) in [4.78, 5) is 12.2. The fraction of sp³-hybridized carbons (Fsp3) is 0.857. The zero-order chi connectivity index (χ0) is 8.10. The SMILES string of the molecule is NCC1CCN([B]C=O)CC1. The molecular weight excluding hydrogens is 139 g/mol. The number of nitrogens with zero attached hydrogens (tertiary/aromatic N) is 1. The van der Waals surface area contributed by atoms with Gasteiger partial charge in [0, 0.05) is 0 Å². The monoisotopic (exact) mass is 153 g/mol. The van der Waals surface area contributed by atoms with Crippen LogP contribution in [0, 0.1) is 5.92 Å². The van der Waals surface area contributed by atoms with Crippen LogP contribution in [0.4, 0.5) is 0 Å². The highest BCUT2D eigenvalue weighted by atomic mass is 16.1. The van der Waals surface area contributed by atoms with Gasteiger partial charge in [-0.15, -0.1) is 0 Å². The summed E-state index contributed by atoms with van der Waals surface area (Å²) in [5.41, 5.74) is 5.52. The van der Waals surface area contributed by atoms with Crippen molar-refractivity contribution >= 4 is 13.6 Å². The van der Waals surface area contributed by atoms with Crippen LogP contribution >= 0.6 is 0 Å². The topological polar surface area (TPSA) is 46.3 Å². The van der Waals surface area contributed by atoms with E-state index in [1.165, 1.54) is 0 Å². The van der Waals surface area contributed by atoms with E-state index < -0.39 is 0 Å². The molecule has 0 aromatic heterocycles. The minimum atomic E-state index is 0.673. The summed E-state index contributed by atoms with van der Waals surface area (Å²) >= 11 is 0. The molecule has 0 aliphatic carbocycles. The van der Waals surface area contributed by atoms with Gasteiger partial charge in [0.25, 0.3) is 7.41 Å². The van der Waals surface area contributed by atoms with E-state index in [0.717, 1.165) is 38.7 Å². The maximum Gasteiger partial charge on any atom is 0.293 e. The van der Waals surface area contributed by atoms with Gasteiger partial charge in [0.15, 0.2) is 0 Å². The Hall–Kier alpha value is -0.345. The molecule has 1 rings (SSSR count). The molecule has 1 radical (unpaired) electrons. The number of carbonyl (C=O) groups is 1. The Morgan fingerprint density at radius 3 is 2.64 bits per heavy atom. The highest BCUT2D eigenvalue weighted by Crippen LogP contribution is 2.13. The average molecular weight is 153 g/mol. The average Bonchev–Trinajstić information content (AvgIpc) is 2.07. The lowest BCUT2D eigenvalue weighted by atomic mass is 9.87. The normalized spacial score (nSPS) is 21.5. The van der Waals surface area contributed by atoms with Gasteiger partial charge in [0.2, 0.25) is 0 Å². The van der Waals surface area contributed by atoms with E-state index in [2.05, 4.69) is 4.81 Å². The molecule has 0 atom stereocenters. The van der Waals surface area contributed by atoms with Gasteiger partial charge in [-0.3, -0.25) is 0 Å². The van der Waals surface area contributed by atoms with Gasteiger partial charge in [-0.25, -0.2) is 0 Å². The third-order valence-corrected chi connectivity index (χ3v) is 2.25. The Balaban J connectivity index is 2.18. The number of hydrogen-bond acceptors (Lipinski definition) is 3. The molecule has 1 heterocycles. The fourth-order valence-electron chi connectivity index (χ4n) is 1.42. The molecule has 61 valence electrons. The predicted octanol–water partition coefficient (Wildman–Crippen LogP) is -0.533. The number of rotatable bonds is 3. The lowest BCUT2D eigenvalue weighted by Gasteiger charge is -2.29. The molecule has 2 N–H and O–H groups in total. The minimum absolute atomic E-state index is 0.673. The molecule has 3 nitrogen and oxygen atoms in total. The van der Waals surface area contributed by atoms with Crippen LogP contribution in [0.3, 0.4) is 0 Å². The zero-order valence-corrected chi connectivity index (χ0v) is 6.70. The first-order valence-electron chi connectivity index (χ1n) is 4.09. The first kappa shape index (κ1) is 8.75. The first-order valence-corrected chi connectivity index (χ1v) is 4.09. The van der Waals surface area contributed by atoms with Crippen molar-refractivity contribution in [1.82, 2.24) is 4.81 Å². The van der Waals surface area contributed by atoms with Crippen LogP contribution < -0.4 is 5.73 Å². The van der Waals surface area contributed by atoms with Crippen molar-refractivity contribution in [3.8, 4) is 0 Å².